The topological polar surface area (TPSA) is 130 Å². The maximum atomic E-state index is 13.6. The zero-order valence-electron chi connectivity index (χ0n) is 28.3. The highest BCUT2D eigenvalue weighted by Gasteiger charge is 2.24. The number of benzene rings is 4. The highest BCUT2D eigenvalue weighted by molar-refractivity contribution is 8.00. The van der Waals surface area contributed by atoms with Crippen molar-refractivity contribution in [1.82, 2.24) is 10.3 Å². The zero-order valence-corrected chi connectivity index (χ0v) is 29.9. The summed E-state index contributed by atoms with van der Waals surface area (Å²) in [5.41, 5.74) is 4.06. The van der Waals surface area contributed by atoms with Gasteiger partial charge < -0.3 is 25.6 Å². The fourth-order valence-corrected chi connectivity index (χ4v) is 6.54. The number of carbonyl (C=O) groups excluding carboxylic acids is 4. The van der Waals surface area contributed by atoms with Gasteiger partial charge in [0.15, 0.2) is 5.13 Å². The molecule has 1 aromatic heterocycles. The molecule has 5 rings (SSSR count). The summed E-state index contributed by atoms with van der Waals surface area (Å²) in [6.45, 7) is 2.03. The van der Waals surface area contributed by atoms with Gasteiger partial charge >= 0.3 is 5.97 Å². The van der Waals surface area contributed by atoms with E-state index in [-0.39, 0.29) is 30.6 Å². The van der Waals surface area contributed by atoms with Crippen LogP contribution in [0.4, 0.5) is 16.5 Å². The molecular formula is C39H37N5O5S2. The molecule has 3 amide bonds. The van der Waals surface area contributed by atoms with Crippen LogP contribution in [0.15, 0.2) is 125 Å². The van der Waals surface area contributed by atoms with Crippen LogP contribution in [-0.2, 0) is 25.5 Å². The van der Waals surface area contributed by atoms with Crippen LogP contribution in [-0.4, -0.2) is 49.4 Å². The van der Waals surface area contributed by atoms with Crippen LogP contribution in [0.3, 0.4) is 0 Å². The van der Waals surface area contributed by atoms with Gasteiger partial charge in [0.05, 0.1) is 18.7 Å². The van der Waals surface area contributed by atoms with E-state index < -0.39 is 17.1 Å². The fraction of sp³-hybridized carbons (Fsp3) is 0.154. The lowest BCUT2D eigenvalue weighted by Gasteiger charge is -2.17. The van der Waals surface area contributed by atoms with E-state index in [1.54, 1.807) is 54.8 Å². The number of esters is 1. The summed E-state index contributed by atoms with van der Waals surface area (Å²) in [4.78, 5) is 59.2. The summed E-state index contributed by atoms with van der Waals surface area (Å²) >= 11 is 2.58. The number of nitrogens with zero attached hydrogens (tertiary/aromatic N) is 2. The number of hydrogen-bond donors (Lipinski definition) is 3. The van der Waals surface area contributed by atoms with Gasteiger partial charge in [0.25, 0.3) is 11.8 Å². The molecule has 4 aromatic carbocycles. The number of carbonyl (C=O) groups is 4. The number of ether oxygens (including phenoxy) is 1. The minimum absolute atomic E-state index is 0.0283. The predicted octanol–water partition coefficient (Wildman–Crippen LogP) is 7.20. The monoisotopic (exact) mass is 719 g/mol. The molecule has 5 aromatic rings. The Morgan fingerprint density at radius 2 is 1.53 bits per heavy atom. The third-order valence-corrected chi connectivity index (χ3v) is 9.44. The lowest BCUT2D eigenvalue weighted by atomic mass is 10.1. The summed E-state index contributed by atoms with van der Waals surface area (Å²) < 4.78 is 5.00. The van der Waals surface area contributed by atoms with Gasteiger partial charge in [-0.3, -0.25) is 19.2 Å². The van der Waals surface area contributed by atoms with Crippen molar-refractivity contribution in [2.75, 3.05) is 36.2 Å². The van der Waals surface area contributed by atoms with Gasteiger partial charge in [0, 0.05) is 41.3 Å². The van der Waals surface area contributed by atoms with E-state index in [2.05, 4.69) is 20.9 Å². The van der Waals surface area contributed by atoms with Crippen molar-refractivity contribution >= 4 is 69.4 Å². The number of nitrogens with one attached hydrogen (secondary N) is 3. The van der Waals surface area contributed by atoms with Gasteiger partial charge in [-0.2, -0.15) is 0 Å². The first kappa shape index (κ1) is 36.6. The summed E-state index contributed by atoms with van der Waals surface area (Å²) in [6, 6.07) is 32.8. The maximum absolute atomic E-state index is 13.6. The van der Waals surface area contributed by atoms with E-state index >= 15 is 0 Å². The second kappa shape index (κ2) is 17.8. The molecule has 3 N–H and O–H groups in total. The van der Waals surface area contributed by atoms with Crippen LogP contribution in [0.5, 0.6) is 0 Å². The first-order chi connectivity index (χ1) is 24.7. The van der Waals surface area contributed by atoms with Crippen molar-refractivity contribution in [2.45, 2.75) is 23.5 Å². The van der Waals surface area contributed by atoms with Crippen molar-refractivity contribution in [3.63, 3.8) is 0 Å². The van der Waals surface area contributed by atoms with Gasteiger partial charge in [0.1, 0.15) is 10.9 Å². The second-order valence-corrected chi connectivity index (χ2v) is 13.4. The first-order valence-electron chi connectivity index (χ1n) is 16.1. The van der Waals surface area contributed by atoms with Gasteiger partial charge in [-0.05, 0) is 72.7 Å². The number of rotatable bonds is 14. The van der Waals surface area contributed by atoms with Gasteiger partial charge in [0.2, 0.25) is 5.91 Å². The molecule has 1 atom stereocenters. The number of anilines is 3. The average Bonchev–Trinajstić information content (AvgIpc) is 3.57. The van der Waals surface area contributed by atoms with E-state index in [0.29, 0.717) is 22.1 Å². The van der Waals surface area contributed by atoms with Gasteiger partial charge in [-0.15, -0.1) is 23.1 Å². The van der Waals surface area contributed by atoms with E-state index in [9.17, 15) is 19.2 Å². The molecule has 0 aliphatic heterocycles. The highest BCUT2D eigenvalue weighted by atomic mass is 32.2. The molecule has 0 aliphatic rings. The SMILES string of the molecule is CCOC(=O)Cc1csc(NC(=O)C(Sc2ccc(NC(=O)/C(=C/c3ccc(N(C)C)cc3)NC(=O)c3ccccc3)cc2)c2ccccc2)n1. The molecule has 51 heavy (non-hydrogen) atoms. The molecule has 0 saturated heterocycles. The predicted molar refractivity (Wildman–Crippen MR) is 204 cm³/mol. The normalized spacial score (nSPS) is 11.6. The fourth-order valence-electron chi connectivity index (χ4n) is 4.81. The first-order valence-corrected chi connectivity index (χ1v) is 17.8. The highest BCUT2D eigenvalue weighted by Crippen LogP contribution is 2.37. The number of thioether (sulfide) groups is 1. The molecule has 0 spiro atoms. The molecule has 1 unspecified atom stereocenters. The summed E-state index contributed by atoms with van der Waals surface area (Å²) in [6.07, 6.45) is 1.66. The van der Waals surface area contributed by atoms with Gasteiger partial charge in [-0.25, -0.2) is 4.98 Å². The molecular weight excluding hydrogens is 683 g/mol. The quantitative estimate of drug-likeness (QED) is 0.0625. The van der Waals surface area contributed by atoms with Crippen molar-refractivity contribution in [2.24, 2.45) is 0 Å². The Morgan fingerprint density at radius 1 is 0.863 bits per heavy atom. The number of thiazole rings is 1. The number of amides is 3. The Kier molecular flexibility index (Phi) is 12.8. The van der Waals surface area contributed by atoms with Crippen LogP contribution < -0.4 is 20.9 Å². The number of aromatic nitrogens is 1. The van der Waals surface area contributed by atoms with Crippen molar-refractivity contribution < 1.29 is 23.9 Å². The molecule has 0 radical (unpaired) electrons. The maximum Gasteiger partial charge on any atom is 0.311 e. The van der Waals surface area contributed by atoms with Crippen LogP contribution in [0.25, 0.3) is 6.08 Å². The van der Waals surface area contributed by atoms with E-state index in [1.165, 1.54) is 23.1 Å². The average molecular weight is 720 g/mol. The third-order valence-electron chi connectivity index (χ3n) is 7.37. The molecule has 12 heteroatoms. The van der Waals surface area contributed by atoms with E-state index in [4.69, 9.17) is 4.74 Å². The summed E-state index contributed by atoms with van der Waals surface area (Å²) in [5.74, 6) is -1.56. The molecule has 0 saturated carbocycles. The lowest BCUT2D eigenvalue weighted by Crippen LogP contribution is -2.30. The Morgan fingerprint density at radius 3 is 2.18 bits per heavy atom. The third kappa shape index (κ3) is 10.6. The van der Waals surface area contributed by atoms with Crippen LogP contribution >= 0.6 is 23.1 Å². The van der Waals surface area contributed by atoms with Crippen molar-refractivity contribution in [3.8, 4) is 0 Å². The summed E-state index contributed by atoms with van der Waals surface area (Å²) in [5, 5.41) is 10.0. The molecule has 1 heterocycles. The lowest BCUT2D eigenvalue weighted by molar-refractivity contribution is -0.142. The van der Waals surface area contributed by atoms with E-state index in [0.717, 1.165) is 21.7 Å². The Hall–Kier alpha value is -5.72. The van der Waals surface area contributed by atoms with Crippen molar-refractivity contribution in [1.29, 1.82) is 0 Å². The molecule has 0 aliphatic carbocycles. The van der Waals surface area contributed by atoms with E-state index in [1.807, 2.05) is 91.8 Å². The Labute approximate surface area is 305 Å². The zero-order chi connectivity index (χ0) is 36.2. The molecule has 0 fully saturated rings. The molecule has 0 bridgehead atoms. The molecule has 10 nitrogen and oxygen atoms in total. The summed E-state index contributed by atoms with van der Waals surface area (Å²) in [7, 11) is 3.89. The largest absolute Gasteiger partial charge is 0.466 e. The minimum Gasteiger partial charge on any atom is -0.466 e. The van der Waals surface area contributed by atoms with Gasteiger partial charge in [-0.1, -0.05) is 60.7 Å². The Balaban J connectivity index is 1.30. The smallest absolute Gasteiger partial charge is 0.311 e. The second-order valence-electron chi connectivity index (χ2n) is 11.4. The Bertz CT molecular complexity index is 1980. The van der Waals surface area contributed by atoms with Crippen LogP contribution in [0.2, 0.25) is 0 Å². The van der Waals surface area contributed by atoms with Crippen LogP contribution in [0, 0.1) is 0 Å². The van der Waals surface area contributed by atoms with Crippen molar-refractivity contribution in [3.05, 3.63) is 143 Å². The number of hydrogen-bond acceptors (Lipinski definition) is 9. The van der Waals surface area contributed by atoms with Crippen LogP contribution in [0.1, 0.15) is 39.4 Å². The molecule has 260 valence electrons. The standard InChI is InChI=1S/C39H37N5O5S2/c1-4-49-34(45)24-30-25-50-39(41-30)43-38(48)35(27-11-7-5-8-12-27)51-32-21-17-29(18-22-32)40-37(47)33(42-36(46)28-13-9-6-10-14-28)23-26-15-19-31(20-16-26)44(2)3/h5-23,25,35H,4,24H2,1-3H3,(H,40,47)(H,42,46)(H,41,43,48)/b33-23-. The minimum atomic E-state index is -0.620.